The highest BCUT2D eigenvalue weighted by atomic mass is 35.5. The molecule has 1 unspecified atom stereocenters. The third-order valence-electron chi connectivity index (χ3n) is 5.35. The van der Waals surface area contributed by atoms with Crippen LogP contribution in [0.25, 0.3) is 0 Å². The highest BCUT2D eigenvalue weighted by Gasteiger charge is 2.32. The number of nitrogens with one attached hydrogen (secondary N) is 1. The van der Waals surface area contributed by atoms with E-state index >= 15 is 0 Å². The van der Waals surface area contributed by atoms with Gasteiger partial charge in [-0.3, -0.25) is 0 Å². The number of halogens is 1. The third-order valence-corrected chi connectivity index (χ3v) is 7.25. The number of rotatable bonds is 7. The lowest BCUT2D eigenvalue weighted by molar-refractivity contribution is 0.202. The molecule has 2 fully saturated rings. The normalized spacial score (nSPS) is 21.7. The molecule has 0 saturated carbocycles. The van der Waals surface area contributed by atoms with E-state index in [1.165, 1.54) is 19.3 Å². The van der Waals surface area contributed by atoms with Crippen molar-refractivity contribution in [3.05, 3.63) is 35.4 Å². The Kier molecular flexibility index (Phi) is 8.36. The molecule has 0 bridgehead atoms. The number of likely N-dealkylation sites (tertiary alicyclic amines) is 1. The van der Waals surface area contributed by atoms with Crippen LogP contribution >= 0.6 is 12.4 Å². The molecule has 1 aromatic carbocycles. The highest BCUT2D eigenvalue weighted by molar-refractivity contribution is 7.88. The monoisotopic (exact) mass is 401 g/mol. The van der Waals surface area contributed by atoms with Crippen LogP contribution in [0.3, 0.4) is 0 Å². The van der Waals surface area contributed by atoms with Crippen molar-refractivity contribution in [3.63, 3.8) is 0 Å². The van der Waals surface area contributed by atoms with E-state index in [1.54, 1.807) is 4.31 Å². The summed E-state index contributed by atoms with van der Waals surface area (Å²) in [5, 5.41) is 3.31. The summed E-state index contributed by atoms with van der Waals surface area (Å²) >= 11 is 0. The van der Waals surface area contributed by atoms with E-state index in [4.69, 9.17) is 0 Å². The second kappa shape index (κ2) is 10.0. The molecular formula is C19H32ClN3O2S. The number of benzene rings is 1. The molecular weight excluding hydrogens is 370 g/mol. The van der Waals surface area contributed by atoms with E-state index in [9.17, 15) is 8.42 Å². The Bertz CT molecular complexity index is 639. The van der Waals surface area contributed by atoms with E-state index in [2.05, 4.69) is 10.2 Å². The maximum absolute atomic E-state index is 13.1. The molecule has 0 aliphatic carbocycles. The molecule has 2 heterocycles. The van der Waals surface area contributed by atoms with Crippen LogP contribution in [0.4, 0.5) is 0 Å². The van der Waals surface area contributed by atoms with Gasteiger partial charge in [0.15, 0.2) is 0 Å². The first-order valence-electron chi connectivity index (χ1n) is 9.53. The number of piperidine rings is 1. The van der Waals surface area contributed by atoms with E-state index < -0.39 is 10.0 Å². The first kappa shape index (κ1) is 21.6. The molecule has 0 aromatic heterocycles. The zero-order valence-corrected chi connectivity index (χ0v) is 17.3. The maximum atomic E-state index is 13.1. The van der Waals surface area contributed by atoms with Crippen LogP contribution in [0.15, 0.2) is 24.3 Å². The molecule has 2 aliphatic rings. The highest BCUT2D eigenvalue weighted by Crippen LogP contribution is 2.19. The summed E-state index contributed by atoms with van der Waals surface area (Å²) in [4.78, 5) is 2.42. The zero-order chi connectivity index (χ0) is 17.7. The molecule has 1 atom stereocenters. The average Bonchev–Trinajstić information content (AvgIpc) is 3.12. The van der Waals surface area contributed by atoms with Crippen molar-refractivity contribution in [3.8, 4) is 0 Å². The topological polar surface area (TPSA) is 52.7 Å². The van der Waals surface area contributed by atoms with Gasteiger partial charge in [-0.15, -0.1) is 12.4 Å². The van der Waals surface area contributed by atoms with Crippen LogP contribution in [0.1, 0.15) is 36.8 Å². The van der Waals surface area contributed by atoms with Crippen LogP contribution in [0, 0.1) is 6.92 Å². The van der Waals surface area contributed by atoms with Gasteiger partial charge < -0.3 is 10.2 Å². The van der Waals surface area contributed by atoms with Gasteiger partial charge in [-0.25, -0.2) is 8.42 Å². The van der Waals surface area contributed by atoms with Crippen molar-refractivity contribution in [2.45, 2.75) is 44.4 Å². The molecule has 0 radical (unpaired) electrons. The Balaban J connectivity index is 0.00000243. The molecule has 0 amide bonds. The van der Waals surface area contributed by atoms with Gasteiger partial charge in [0.1, 0.15) is 0 Å². The molecule has 7 heteroatoms. The number of hydrogen-bond donors (Lipinski definition) is 1. The molecule has 26 heavy (non-hydrogen) atoms. The largest absolute Gasteiger partial charge is 0.315 e. The number of aryl methyl sites for hydroxylation is 1. The standard InChI is InChI=1S/C19H31N3O2S.ClH/c1-17-5-7-18(8-6-17)16-25(23,24)22(19-9-10-20-15-19)14-13-21-11-3-2-4-12-21;/h5-8,19-20H,2-4,9-16H2,1H3;1H. The second-order valence-electron chi connectivity index (χ2n) is 7.40. The summed E-state index contributed by atoms with van der Waals surface area (Å²) in [5.74, 6) is 0.101. The van der Waals surface area contributed by atoms with Crippen LogP contribution in [-0.2, 0) is 15.8 Å². The van der Waals surface area contributed by atoms with Crippen LogP contribution in [0.2, 0.25) is 0 Å². The molecule has 0 spiro atoms. The minimum atomic E-state index is -3.31. The lowest BCUT2D eigenvalue weighted by atomic mass is 10.1. The van der Waals surface area contributed by atoms with Gasteiger partial charge in [0.2, 0.25) is 10.0 Å². The molecule has 5 nitrogen and oxygen atoms in total. The first-order chi connectivity index (χ1) is 12.0. The number of hydrogen-bond acceptors (Lipinski definition) is 4. The Labute approximate surface area is 164 Å². The third kappa shape index (κ3) is 5.92. The predicted molar refractivity (Wildman–Crippen MR) is 109 cm³/mol. The Morgan fingerprint density at radius 1 is 1.15 bits per heavy atom. The summed E-state index contributed by atoms with van der Waals surface area (Å²) in [7, 11) is -3.31. The summed E-state index contributed by atoms with van der Waals surface area (Å²) in [5.41, 5.74) is 2.03. The minimum absolute atomic E-state index is 0. The van der Waals surface area contributed by atoms with Crippen LogP contribution in [-0.4, -0.2) is 62.9 Å². The van der Waals surface area contributed by atoms with Gasteiger partial charge in [0.25, 0.3) is 0 Å². The number of sulfonamides is 1. The lowest BCUT2D eigenvalue weighted by Gasteiger charge is -2.32. The Hall–Kier alpha value is -0.660. The lowest BCUT2D eigenvalue weighted by Crippen LogP contribution is -2.46. The Morgan fingerprint density at radius 2 is 1.85 bits per heavy atom. The quantitative estimate of drug-likeness (QED) is 0.762. The van der Waals surface area contributed by atoms with Crippen molar-refractivity contribution in [2.24, 2.45) is 0 Å². The van der Waals surface area contributed by atoms with Crippen molar-refractivity contribution >= 4 is 22.4 Å². The zero-order valence-electron chi connectivity index (χ0n) is 15.7. The van der Waals surface area contributed by atoms with Crippen LogP contribution in [0.5, 0.6) is 0 Å². The predicted octanol–water partition coefficient (Wildman–Crippen LogP) is 2.40. The smallest absolute Gasteiger partial charge is 0.218 e. The molecule has 1 N–H and O–H groups in total. The molecule has 3 rings (SSSR count). The van der Waals surface area contributed by atoms with Crippen molar-refractivity contribution < 1.29 is 8.42 Å². The minimum Gasteiger partial charge on any atom is -0.315 e. The van der Waals surface area contributed by atoms with E-state index in [-0.39, 0.29) is 24.2 Å². The summed E-state index contributed by atoms with van der Waals surface area (Å²) < 4.78 is 28.0. The molecule has 2 aliphatic heterocycles. The maximum Gasteiger partial charge on any atom is 0.218 e. The number of nitrogens with zero attached hydrogens (tertiary/aromatic N) is 2. The fourth-order valence-corrected chi connectivity index (χ4v) is 5.61. The fraction of sp³-hybridized carbons (Fsp3) is 0.684. The van der Waals surface area contributed by atoms with Gasteiger partial charge >= 0.3 is 0 Å². The average molecular weight is 402 g/mol. The van der Waals surface area contributed by atoms with E-state index in [0.29, 0.717) is 6.54 Å². The van der Waals surface area contributed by atoms with Crippen molar-refractivity contribution in [1.29, 1.82) is 0 Å². The van der Waals surface area contributed by atoms with E-state index in [1.807, 2.05) is 31.2 Å². The SMILES string of the molecule is Cc1ccc(CS(=O)(=O)N(CCN2CCCCC2)C2CCNC2)cc1.Cl. The second-order valence-corrected chi connectivity index (χ2v) is 9.32. The van der Waals surface area contributed by atoms with Gasteiger partial charge in [0.05, 0.1) is 5.75 Å². The molecule has 2 saturated heterocycles. The van der Waals surface area contributed by atoms with Gasteiger partial charge in [-0.2, -0.15) is 4.31 Å². The van der Waals surface area contributed by atoms with E-state index in [0.717, 1.165) is 50.3 Å². The van der Waals surface area contributed by atoms with Crippen molar-refractivity contribution in [1.82, 2.24) is 14.5 Å². The van der Waals surface area contributed by atoms with Gasteiger partial charge in [0, 0.05) is 25.7 Å². The van der Waals surface area contributed by atoms with Gasteiger partial charge in [-0.05, 0) is 51.4 Å². The molecule has 148 valence electrons. The summed E-state index contributed by atoms with van der Waals surface area (Å²) in [6, 6.07) is 7.94. The molecule has 1 aromatic rings. The Morgan fingerprint density at radius 3 is 2.46 bits per heavy atom. The summed E-state index contributed by atoms with van der Waals surface area (Å²) in [6.07, 6.45) is 4.69. The van der Waals surface area contributed by atoms with Gasteiger partial charge in [-0.1, -0.05) is 36.2 Å². The van der Waals surface area contributed by atoms with Crippen molar-refractivity contribution in [2.75, 3.05) is 39.3 Å². The summed E-state index contributed by atoms with van der Waals surface area (Å²) in [6.45, 7) is 7.37. The fourth-order valence-electron chi connectivity index (χ4n) is 3.83. The first-order valence-corrected chi connectivity index (χ1v) is 11.1. The van der Waals surface area contributed by atoms with Crippen LogP contribution < -0.4 is 5.32 Å².